The number of carbonyl (C=O) groups is 3. The molecule has 3 aliphatic heterocycles. The molecule has 3 N–H and O–H groups in total. The average Bonchev–Trinajstić information content (AvgIpc) is 3.43. The van der Waals surface area contributed by atoms with E-state index in [1.807, 2.05) is 48.5 Å². The van der Waals surface area contributed by atoms with E-state index in [-0.39, 0.29) is 35.7 Å². The molecule has 8 nitrogen and oxygen atoms in total. The number of β-amino-alcohol motifs (C(OH)–C–C–N with tert-alkyl or cyclic N) is 1. The van der Waals surface area contributed by atoms with E-state index in [1.54, 1.807) is 12.1 Å². The third-order valence-electron chi connectivity index (χ3n) is 7.03. The van der Waals surface area contributed by atoms with E-state index < -0.39 is 29.6 Å². The van der Waals surface area contributed by atoms with Gasteiger partial charge in [0.2, 0.25) is 17.7 Å². The minimum atomic E-state index is -1.13. The number of anilines is 1. The van der Waals surface area contributed by atoms with E-state index in [4.69, 9.17) is 4.74 Å². The lowest BCUT2D eigenvalue weighted by Crippen LogP contribution is -2.56. The molecule has 9 heteroatoms. The largest absolute Gasteiger partial charge is 0.395 e. The first-order valence-electron chi connectivity index (χ1n) is 11.4. The number of ether oxygens (including phenoxy) is 1. The minimum Gasteiger partial charge on any atom is -0.395 e. The number of hydrogen-bond acceptors (Lipinski definition) is 5. The number of alkyl halides is 1. The summed E-state index contributed by atoms with van der Waals surface area (Å²) < 4.78 is 6.39. The van der Waals surface area contributed by atoms with Crippen LogP contribution in [0.3, 0.4) is 0 Å². The summed E-state index contributed by atoms with van der Waals surface area (Å²) in [6, 6.07) is 17.6. The van der Waals surface area contributed by atoms with Crippen LogP contribution in [0, 0.1) is 11.8 Å². The zero-order valence-electron chi connectivity index (χ0n) is 18.4. The maximum absolute atomic E-state index is 13.6. The van der Waals surface area contributed by atoms with Gasteiger partial charge in [0.25, 0.3) is 0 Å². The smallest absolute Gasteiger partial charge is 0.246 e. The number of amides is 3. The SMILES string of the molecule is O=C(NCc1ccccc1)C1N(CCO)C(=O)[C@@H]2[C@@H](C(=O)Nc3ccccc3)[C@@H]3OC12CC3Br. The highest BCUT2D eigenvalue weighted by Gasteiger charge is 2.76. The van der Waals surface area contributed by atoms with Crippen LogP contribution in [-0.4, -0.2) is 63.5 Å². The van der Waals surface area contributed by atoms with Crippen molar-refractivity contribution in [1.29, 1.82) is 0 Å². The van der Waals surface area contributed by atoms with Gasteiger partial charge in [-0.15, -0.1) is 0 Å². The second kappa shape index (κ2) is 9.13. The number of nitrogens with one attached hydrogen (secondary N) is 2. The summed E-state index contributed by atoms with van der Waals surface area (Å²) in [5, 5.41) is 15.5. The summed E-state index contributed by atoms with van der Waals surface area (Å²) in [4.78, 5) is 41.6. The number of rotatable bonds is 7. The molecule has 3 unspecified atom stereocenters. The Balaban J connectivity index is 1.44. The summed E-state index contributed by atoms with van der Waals surface area (Å²) in [6.45, 7) is 0.00469. The first-order valence-corrected chi connectivity index (χ1v) is 12.3. The van der Waals surface area contributed by atoms with Gasteiger partial charge in [0.1, 0.15) is 11.6 Å². The second-order valence-electron chi connectivity index (χ2n) is 8.98. The highest BCUT2D eigenvalue weighted by Crippen LogP contribution is 2.60. The monoisotopic (exact) mass is 527 g/mol. The van der Waals surface area contributed by atoms with E-state index in [2.05, 4.69) is 26.6 Å². The van der Waals surface area contributed by atoms with Gasteiger partial charge >= 0.3 is 0 Å². The lowest BCUT2D eigenvalue weighted by Gasteiger charge is -2.34. The fourth-order valence-electron chi connectivity index (χ4n) is 5.71. The number of hydrogen-bond donors (Lipinski definition) is 3. The fourth-order valence-corrected chi connectivity index (χ4v) is 6.65. The van der Waals surface area contributed by atoms with E-state index in [0.29, 0.717) is 18.7 Å². The molecule has 3 saturated heterocycles. The number of aliphatic hydroxyl groups excluding tert-OH is 1. The number of likely N-dealkylation sites (tertiary alicyclic amines) is 1. The van der Waals surface area contributed by atoms with Crippen molar-refractivity contribution in [2.24, 2.45) is 11.8 Å². The molecule has 0 radical (unpaired) electrons. The lowest BCUT2D eigenvalue weighted by atomic mass is 9.70. The predicted octanol–water partition coefficient (Wildman–Crippen LogP) is 1.68. The number of benzene rings is 2. The van der Waals surface area contributed by atoms with Gasteiger partial charge < -0.3 is 25.4 Å². The Bertz CT molecular complexity index is 1080. The van der Waals surface area contributed by atoms with E-state index >= 15 is 0 Å². The maximum Gasteiger partial charge on any atom is 0.246 e. The standard InChI is InChI=1S/C25H26BrN3O5/c26-17-13-25-19(18(20(17)34-25)22(31)28-16-9-5-2-6-10-16)24(33)29(11-12-30)21(25)23(32)27-14-15-7-3-1-4-8-15/h1-10,17-21,30H,11-14H2,(H,27,32)(H,28,31)/t17?,18-,19+,20-,21?,25?/m1/s1. The molecule has 34 heavy (non-hydrogen) atoms. The number of fused-ring (bicyclic) bond motifs is 1. The van der Waals surface area contributed by atoms with E-state index in [1.165, 1.54) is 4.90 Å². The zero-order valence-corrected chi connectivity index (χ0v) is 20.0. The fraction of sp³-hybridized carbons (Fsp3) is 0.400. The number of aliphatic hydroxyl groups is 1. The number of para-hydroxylation sites is 1. The van der Waals surface area contributed by atoms with Gasteiger partial charge in [0.15, 0.2) is 0 Å². The van der Waals surface area contributed by atoms with E-state index in [9.17, 15) is 19.5 Å². The minimum absolute atomic E-state index is 0.00545. The Kier molecular flexibility index (Phi) is 6.18. The third kappa shape index (κ3) is 3.72. The topological polar surface area (TPSA) is 108 Å². The van der Waals surface area contributed by atoms with Crippen LogP contribution in [0.2, 0.25) is 0 Å². The van der Waals surface area contributed by atoms with Crippen LogP contribution in [0.1, 0.15) is 12.0 Å². The Morgan fingerprint density at radius 2 is 1.76 bits per heavy atom. The van der Waals surface area contributed by atoms with Gasteiger partial charge in [-0.05, 0) is 24.1 Å². The Labute approximate surface area is 205 Å². The Hall–Kier alpha value is -2.75. The van der Waals surface area contributed by atoms with Crippen molar-refractivity contribution < 1.29 is 24.2 Å². The van der Waals surface area contributed by atoms with Crippen LogP contribution >= 0.6 is 15.9 Å². The van der Waals surface area contributed by atoms with E-state index in [0.717, 1.165) is 5.56 Å². The van der Waals surface area contributed by atoms with Crippen molar-refractivity contribution in [2.45, 2.75) is 35.5 Å². The summed E-state index contributed by atoms with van der Waals surface area (Å²) in [7, 11) is 0. The lowest BCUT2D eigenvalue weighted by molar-refractivity contribution is -0.142. The molecule has 1 spiro atoms. The third-order valence-corrected chi connectivity index (χ3v) is 7.88. The van der Waals surface area contributed by atoms with Crippen LogP contribution in [0.25, 0.3) is 0 Å². The predicted molar refractivity (Wildman–Crippen MR) is 128 cm³/mol. The first-order chi connectivity index (χ1) is 16.5. The number of halogens is 1. The Morgan fingerprint density at radius 1 is 1.09 bits per heavy atom. The molecule has 0 aliphatic carbocycles. The molecular weight excluding hydrogens is 502 g/mol. The highest BCUT2D eigenvalue weighted by atomic mass is 79.9. The molecule has 2 aromatic rings. The number of nitrogens with zero attached hydrogens (tertiary/aromatic N) is 1. The average molecular weight is 528 g/mol. The van der Waals surface area contributed by atoms with Crippen molar-refractivity contribution in [2.75, 3.05) is 18.5 Å². The van der Waals surface area contributed by atoms with Crippen molar-refractivity contribution in [3.05, 3.63) is 66.2 Å². The van der Waals surface area contributed by atoms with Crippen LogP contribution < -0.4 is 10.6 Å². The van der Waals surface area contributed by atoms with Crippen LogP contribution in [0.5, 0.6) is 0 Å². The molecule has 0 aromatic heterocycles. The summed E-state index contributed by atoms with van der Waals surface area (Å²) in [5.74, 6) is -2.54. The highest BCUT2D eigenvalue weighted by molar-refractivity contribution is 9.09. The molecule has 3 amide bonds. The van der Waals surface area contributed by atoms with Crippen molar-refractivity contribution in [3.8, 4) is 0 Å². The molecule has 3 heterocycles. The second-order valence-corrected chi connectivity index (χ2v) is 10.2. The van der Waals surface area contributed by atoms with Gasteiger partial charge in [-0.2, -0.15) is 0 Å². The van der Waals surface area contributed by atoms with Crippen molar-refractivity contribution in [3.63, 3.8) is 0 Å². The summed E-state index contributed by atoms with van der Waals surface area (Å²) in [5.41, 5.74) is 0.424. The van der Waals surface area contributed by atoms with Gasteiger partial charge in [-0.25, -0.2) is 0 Å². The van der Waals surface area contributed by atoms with Crippen LogP contribution in [0.15, 0.2) is 60.7 Å². The normalized spacial score (nSPS) is 31.4. The quantitative estimate of drug-likeness (QED) is 0.475. The number of carbonyl (C=O) groups excluding carboxylic acids is 3. The molecule has 6 atom stereocenters. The molecule has 3 aliphatic rings. The van der Waals surface area contributed by atoms with Crippen molar-refractivity contribution in [1.82, 2.24) is 10.2 Å². The van der Waals surface area contributed by atoms with Crippen molar-refractivity contribution >= 4 is 39.3 Å². The van der Waals surface area contributed by atoms with Gasteiger partial charge in [0.05, 0.1) is 24.5 Å². The molecular formula is C25H26BrN3O5. The molecule has 178 valence electrons. The summed E-state index contributed by atoms with van der Waals surface area (Å²) in [6.07, 6.45) is -0.104. The molecule has 2 aromatic carbocycles. The molecule has 0 saturated carbocycles. The molecule has 2 bridgehead atoms. The van der Waals surface area contributed by atoms with Gasteiger partial charge in [-0.1, -0.05) is 64.5 Å². The van der Waals surface area contributed by atoms with Gasteiger partial charge in [-0.3, -0.25) is 14.4 Å². The molecule has 3 fully saturated rings. The summed E-state index contributed by atoms with van der Waals surface area (Å²) >= 11 is 3.64. The van der Waals surface area contributed by atoms with Crippen LogP contribution in [-0.2, 0) is 25.7 Å². The maximum atomic E-state index is 13.6. The Morgan fingerprint density at radius 3 is 2.44 bits per heavy atom. The van der Waals surface area contributed by atoms with Gasteiger partial charge in [0, 0.05) is 23.6 Å². The van der Waals surface area contributed by atoms with Crippen LogP contribution in [0.4, 0.5) is 5.69 Å². The molecule has 5 rings (SSSR count). The zero-order chi connectivity index (χ0) is 23.9. The first kappa shape index (κ1) is 23.0.